The van der Waals surface area contributed by atoms with Gasteiger partial charge in [0, 0.05) is 25.7 Å². The van der Waals surface area contributed by atoms with Crippen LogP contribution in [0, 0.1) is 0 Å². The van der Waals surface area contributed by atoms with Crippen molar-refractivity contribution in [1.82, 2.24) is 0 Å². The average molecular weight is 559 g/mol. The molecule has 2 rings (SSSR count). The maximum atomic E-state index is 11.7. The van der Waals surface area contributed by atoms with Crippen LogP contribution in [0.1, 0.15) is 49.7 Å². The van der Waals surface area contributed by atoms with E-state index in [1.807, 2.05) is 60.7 Å². The van der Waals surface area contributed by atoms with Crippen LogP contribution in [0.15, 0.2) is 60.7 Å². The van der Waals surface area contributed by atoms with Crippen LogP contribution in [0.25, 0.3) is 0 Å². The Morgan fingerprint density at radius 1 is 0.425 bits per heavy atom. The molecule has 218 valence electrons. The minimum absolute atomic E-state index is 0.106. The molecule has 40 heavy (non-hydrogen) atoms. The number of rotatable bonds is 21. The fourth-order valence-electron chi connectivity index (χ4n) is 3.27. The van der Waals surface area contributed by atoms with Crippen molar-refractivity contribution in [2.75, 3.05) is 39.6 Å². The van der Waals surface area contributed by atoms with Crippen LogP contribution in [0.2, 0.25) is 0 Å². The summed E-state index contributed by atoms with van der Waals surface area (Å²) in [7, 11) is 0. The van der Waals surface area contributed by atoms with Crippen molar-refractivity contribution in [3.05, 3.63) is 71.8 Å². The Bertz CT molecular complexity index is 913. The van der Waals surface area contributed by atoms with Gasteiger partial charge in [0.25, 0.3) is 0 Å². The largest absolute Gasteiger partial charge is 0.463 e. The summed E-state index contributed by atoms with van der Waals surface area (Å²) in [6.07, 6.45) is 1.26. The van der Waals surface area contributed by atoms with Crippen LogP contribution in [0.3, 0.4) is 0 Å². The lowest BCUT2D eigenvalue weighted by atomic mass is 10.2. The number of carbonyl (C=O) groups is 4. The highest BCUT2D eigenvalue weighted by molar-refractivity contribution is 5.73. The van der Waals surface area contributed by atoms with E-state index in [1.165, 1.54) is 0 Å². The molecule has 0 saturated heterocycles. The van der Waals surface area contributed by atoms with E-state index in [0.717, 1.165) is 11.1 Å². The first-order valence-electron chi connectivity index (χ1n) is 13.4. The monoisotopic (exact) mass is 558 g/mol. The Hall–Kier alpha value is -3.76. The van der Waals surface area contributed by atoms with Crippen molar-refractivity contribution >= 4 is 23.9 Å². The van der Waals surface area contributed by atoms with Crippen LogP contribution in [0.5, 0.6) is 0 Å². The molecule has 0 aromatic heterocycles. The van der Waals surface area contributed by atoms with Gasteiger partial charge in [-0.15, -0.1) is 0 Å². The van der Waals surface area contributed by atoms with Crippen LogP contribution in [-0.2, 0) is 60.8 Å². The molecule has 10 heteroatoms. The summed E-state index contributed by atoms with van der Waals surface area (Å²) in [5.74, 6) is -1.51. The van der Waals surface area contributed by atoms with Gasteiger partial charge in [-0.1, -0.05) is 60.7 Å². The van der Waals surface area contributed by atoms with Crippen molar-refractivity contribution in [3.63, 3.8) is 0 Å². The molecule has 0 heterocycles. The number of ether oxygens (including phenoxy) is 6. The van der Waals surface area contributed by atoms with Gasteiger partial charge in [-0.25, -0.2) is 0 Å². The molecule has 2 aromatic rings. The summed E-state index contributed by atoms with van der Waals surface area (Å²) in [6, 6.07) is 18.7. The fourth-order valence-corrected chi connectivity index (χ4v) is 3.27. The Kier molecular flexibility index (Phi) is 17.1. The molecule has 0 spiro atoms. The third kappa shape index (κ3) is 17.0. The first kappa shape index (κ1) is 32.5. The zero-order valence-corrected chi connectivity index (χ0v) is 22.8. The van der Waals surface area contributed by atoms with Gasteiger partial charge in [-0.3, -0.25) is 19.2 Å². The van der Waals surface area contributed by atoms with E-state index in [1.54, 1.807) is 0 Å². The van der Waals surface area contributed by atoms with E-state index in [9.17, 15) is 19.2 Å². The zero-order valence-electron chi connectivity index (χ0n) is 22.8. The average Bonchev–Trinajstić information content (AvgIpc) is 2.97. The van der Waals surface area contributed by atoms with E-state index in [-0.39, 0.29) is 77.3 Å². The smallest absolute Gasteiger partial charge is 0.306 e. The molecular formula is C30H38O10. The number of hydrogen-bond acceptors (Lipinski definition) is 10. The van der Waals surface area contributed by atoms with Crippen molar-refractivity contribution in [2.45, 2.75) is 51.7 Å². The van der Waals surface area contributed by atoms with Gasteiger partial charge in [0.2, 0.25) is 0 Å². The van der Waals surface area contributed by atoms with E-state index in [4.69, 9.17) is 28.4 Å². The highest BCUT2D eigenvalue weighted by Crippen LogP contribution is 2.06. The molecule has 0 aliphatic rings. The number of esters is 4. The number of hydrogen-bond donors (Lipinski definition) is 0. The number of benzene rings is 2. The molecule has 0 aliphatic heterocycles. The van der Waals surface area contributed by atoms with Gasteiger partial charge in [0.05, 0.1) is 26.4 Å². The summed E-state index contributed by atoms with van der Waals surface area (Å²) in [5.41, 5.74) is 1.82. The molecule has 0 aliphatic carbocycles. The van der Waals surface area contributed by atoms with E-state index >= 15 is 0 Å². The maximum absolute atomic E-state index is 11.7. The molecule has 0 saturated carbocycles. The molecule has 10 nitrogen and oxygen atoms in total. The van der Waals surface area contributed by atoms with E-state index in [0.29, 0.717) is 26.1 Å². The summed E-state index contributed by atoms with van der Waals surface area (Å²) < 4.78 is 31.1. The lowest BCUT2D eigenvalue weighted by molar-refractivity contribution is -0.149. The summed E-state index contributed by atoms with van der Waals surface area (Å²) >= 11 is 0. The highest BCUT2D eigenvalue weighted by atomic mass is 16.6. The summed E-state index contributed by atoms with van der Waals surface area (Å²) in [6.45, 7) is 1.67. The summed E-state index contributed by atoms with van der Waals surface area (Å²) in [4.78, 5) is 46.9. The van der Waals surface area contributed by atoms with Crippen molar-refractivity contribution in [3.8, 4) is 0 Å². The predicted molar refractivity (Wildman–Crippen MR) is 144 cm³/mol. The third-order valence-corrected chi connectivity index (χ3v) is 5.36. The maximum Gasteiger partial charge on any atom is 0.306 e. The molecule has 0 fully saturated rings. The SMILES string of the molecule is O=C(CCCC(=O)OCc1ccccc1)OCCOCCOCCOC(=O)CCCC(=O)OCc1ccccc1. The Labute approximate surface area is 234 Å². The van der Waals surface area contributed by atoms with Crippen molar-refractivity contribution in [2.24, 2.45) is 0 Å². The minimum atomic E-state index is -0.401. The van der Waals surface area contributed by atoms with Gasteiger partial charge in [-0.05, 0) is 24.0 Å². The second-order valence-corrected chi connectivity index (χ2v) is 8.67. The second kappa shape index (κ2) is 21.1. The quantitative estimate of drug-likeness (QED) is 0.126. The zero-order chi connectivity index (χ0) is 28.7. The molecule has 0 unspecified atom stereocenters. The molecule has 0 atom stereocenters. The highest BCUT2D eigenvalue weighted by Gasteiger charge is 2.09. The van der Waals surface area contributed by atoms with Crippen LogP contribution in [-0.4, -0.2) is 63.5 Å². The van der Waals surface area contributed by atoms with Crippen molar-refractivity contribution in [1.29, 1.82) is 0 Å². The standard InChI is InChI=1S/C30H38O10/c31-27(13-7-15-29(33)39-23-25-9-3-1-4-10-25)37-21-19-35-17-18-36-20-22-38-28(32)14-8-16-30(34)40-24-26-11-5-2-6-12-26/h1-6,9-12H,7-8,13-24H2. The predicted octanol–water partition coefficient (Wildman–Crippen LogP) is 3.93. The first-order chi connectivity index (χ1) is 19.5. The van der Waals surface area contributed by atoms with Gasteiger partial charge in [0.15, 0.2) is 0 Å². The molecule has 0 radical (unpaired) electrons. The van der Waals surface area contributed by atoms with Gasteiger partial charge < -0.3 is 28.4 Å². The van der Waals surface area contributed by atoms with E-state index < -0.39 is 11.9 Å². The molecule has 0 N–H and O–H groups in total. The second-order valence-electron chi connectivity index (χ2n) is 8.67. The molecule has 0 amide bonds. The molecular weight excluding hydrogens is 520 g/mol. The van der Waals surface area contributed by atoms with Gasteiger partial charge in [0.1, 0.15) is 26.4 Å². The lowest BCUT2D eigenvalue weighted by Crippen LogP contribution is -2.15. The fraction of sp³-hybridized carbons (Fsp3) is 0.467. The third-order valence-electron chi connectivity index (χ3n) is 5.36. The van der Waals surface area contributed by atoms with Crippen LogP contribution in [0.4, 0.5) is 0 Å². The topological polar surface area (TPSA) is 124 Å². The van der Waals surface area contributed by atoms with E-state index in [2.05, 4.69) is 0 Å². The van der Waals surface area contributed by atoms with Gasteiger partial charge >= 0.3 is 23.9 Å². The normalized spacial score (nSPS) is 10.5. The van der Waals surface area contributed by atoms with Gasteiger partial charge in [-0.2, -0.15) is 0 Å². The molecule has 0 bridgehead atoms. The van der Waals surface area contributed by atoms with Crippen LogP contribution < -0.4 is 0 Å². The van der Waals surface area contributed by atoms with Crippen LogP contribution >= 0.6 is 0 Å². The lowest BCUT2D eigenvalue weighted by Gasteiger charge is -2.08. The number of carbonyl (C=O) groups excluding carboxylic acids is 4. The summed E-state index contributed by atoms with van der Waals surface area (Å²) in [5, 5.41) is 0. The van der Waals surface area contributed by atoms with Crippen molar-refractivity contribution < 1.29 is 47.6 Å². The Balaban J connectivity index is 1.31. The Morgan fingerprint density at radius 3 is 1.12 bits per heavy atom. The Morgan fingerprint density at radius 2 is 0.750 bits per heavy atom. The first-order valence-corrected chi connectivity index (χ1v) is 13.4. The minimum Gasteiger partial charge on any atom is -0.463 e. The molecule has 2 aromatic carbocycles.